The molecule has 0 aromatic carbocycles. The molecule has 0 atom stereocenters. The van der Waals surface area contributed by atoms with Crippen molar-refractivity contribution in [2.45, 2.75) is 6.04 Å². The standard InChI is InChI=1S/C11H11FN6/c12-8-3-15-11(16-4-8)17-9-6-18(7-9)10-5-13-1-2-14-10/h1-5,9H,6-7H2,(H,15,16,17). The molecule has 0 radical (unpaired) electrons. The lowest BCUT2D eigenvalue weighted by molar-refractivity contribution is 0.539. The van der Waals surface area contributed by atoms with Gasteiger partial charge in [-0.1, -0.05) is 0 Å². The van der Waals surface area contributed by atoms with Crippen molar-refractivity contribution >= 4 is 11.8 Å². The quantitative estimate of drug-likeness (QED) is 0.860. The minimum Gasteiger partial charge on any atom is -0.351 e. The van der Waals surface area contributed by atoms with Gasteiger partial charge in [-0.05, 0) is 0 Å². The van der Waals surface area contributed by atoms with E-state index in [-0.39, 0.29) is 6.04 Å². The Bertz CT molecular complexity index is 511. The Morgan fingerprint density at radius 2 is 1.89 bits per heavy atom. The van der Waals surface area contributed by atoms with E-state index in [4.69, 9.17) is 0 Å². The van der Waals surface area contributed by atoms with Crippen molar-refractivity contribution in [1.29, 1.82) is 0 Å². The third kappa shape index (κ3) is 2.20. The van der Waals surface area contributed by atoms with Crippen LogP contribution in [0.15, 0.2) is 31.0 Å². The molecule has 2 aromatic rings. The normalized spacial score (nSPS) is 15.3. The van der Waals surface area contributed by atoms with E-state index >= 15 is 0 Å². The molecular formula is C11H11FN6. The van der Waals surface area contributed by atoms with Gasteiger partial charge in [0.05, 0.1) is 24.6 Å². The minimum atomic E-state index is -0.435. The molecule has 1 fully saturated rings. The molecule has 1 N–H and O–H groups in total. The van der Waals surface area contributed by atoms with Crippen molar-refractivity contribution in [3.05, 3.63) is 36.8 Å². The van der Waals surface area contributed by atoms with Crippen LogP contribution in [0.3, 0.4) is 0 Å². The van der Waals surface area contributed by atoms with Gasteiger partial charge in [-0.15, -0.1) is 0 Å². The van der Waals surface area contributed by atoms with Crippen LogP contribution in [0.25, 0.3) is 0 Å². The third-order valence-electron chi connectivity index (χ3n) is 2.71. The molecule has 1 aliphatic heterocycles. The van der Waals surface area contributed by atoms with Gasteiger partial charge in [0, 0.05) is 25.5 Å². The second kappa shape index (κ2) is 4.52. The van der Waals surface area contributed by atoms with Crippen molar-refractivity contribution in [3.8, 4) is 0 Å². The van der Waals surface area contributed by atoms with Gasteiger partial charge in [0.2, 0.25) is 5.95 Å². The summed E-state index contributed by atoms with van der Waals surface area (Å²) in [6.07, 6.45) is 7.33. The van der Waals surface area contributed by atoms with E-state index in [1.807, 2.05) is 0 Å². The van der Waals surface area contributed by atoms with Crippen LogP contribution in [0, 0.1) is 5.82 Å². The molecule has 18 heavy (non-hydrogen) atoms. The highest BCUT2D eigenvalue weighted by Gasteiger charge is 2.28. The Labute approximate surface area is 103 Å². The summed E-state index contributed by atoms with van der Waals surface area (Å²) in [6, 6.07) is 0.248. The van der Waals surface area contributed by atoms with Crippen molar-refractivity contribution < 1.29 is 4.39 Å². The molecule has 3 rings (SSSR count). The van der Waals surface area contributed by atoms with Gasteiger partial charge in [-0.2, -0.15) is 0 Å². The van der Waals surface area contributed by atoms with Crippen LogP contribution < -0.4 is 10.2 Å². The number of aromatic nitrogens is 4. The summed E-state index contributed by atoms with van der Waals surface area (Å²) >= 11 is 0. The molecule has 0 bridgehead atoms. The number of hydrogen-bond donors (Lipinski definition) is 1. The highest BCUT2D eigenvalue weighted by atomic mass is 19.1. The molecule has 0 spiro atoms. The average Bonchev–Trinajstić information content (AvgIpc) is 2.36. The lowest BCUT2D eigenvalue weighted by Crippen LogP contribution is -2.55. The molecule has 0 amide bonds. The van der Waals surface area contributed by atoms with Crippen LogP contribution in [-0.2, 0) is 0 Å². The lowest BCUT2D eigenvalue weighted by atomic mass is 10.1. The largest absolute Gasteiger partial charge is 0.351 e. The Hall–Kier alpha value is -2.31. The molecule has 2 aromatic heterocycles. The molecule has 0 unspecified atom stereocenters. The van der Waals surface area contributed by atoms with Gasteiger partial charge >= 0.3 is 0 Å². The fraction of sp³-hybridized carbons (Fsp3) is 0.273. The second-order valence-corrected chi connectivity index (χ2v) is 4.03. The molecule has 1 saturated heterocycles. The zero-order chi connectivity index (χ0) is 12.4. The van der Waals surface area contributed by atoms with Crippen LogP contribution in [0.4, 0.5) is 16.2 Å². The summed E-state index contributed by atoms with van der Waals surface area (Å²) in [5.74, 6) is 0.867. The first kappa shape index (κ1) is 10.8. The van der Waals surface area contributed by atoms with Crippen LogP contribution >= 0.6 is 0 Å². The van der Waals surface area contributed by atoms with E-state index in [2.05, 4.69) is 30.2 Å². The summed E-state index contributed by atoms with van der Waals surface area (Å²) in [4.78, 5) is 18.0. The zero-order valence-corrected chi connectivity index (χ0v) is 9.49. The summed E-state index contributed by atoms with van der Waals surface area (Å²) in [5, 5.41) is 3.13. The van der Waals surface area contributed by atoms with Gasteiger partial charge in [-0.3, -0.25) is 4.98 Å². The molecule has 6 nitrogen and oxygen atoms in total. The topological polar surface area (TPSA) is 66.8 Å². The second-order valence-electron chi connectivity index (χ2n) is 4.03. The summed E-state index contributed by atoms with van der Waals surface area (Å²) in [5.41, 5.74) is 0. The number of nitrogens with one attached hydrogen (secondary N) is 1. The average molecular weight is 246 g/mol. The van der Waals surface area contributed by atoms with Gasteiger partial charge in [-0.25, -0.2) is 19.3 Å². The Morgan fingerprint density at radius 3 is 2.56 bits per heavy atom. The highest BCUT2D eigenvalue weighted by Crippen LogP contribution is 2.18. The predicted octanol–water partition coefficient (Wildman–Crippen LogP) is 0.706. The SMILES string of the molecule is Fc1cnc(NC2CN(c3cnccn3)C2)nc1. The Balaban J connectivity index is 1.55. The van der Waals surface area contributed by atoms with Crippen molar-refractivity contribution in [2.24, 2.45) is 0 Å². The smallest absolute Gasteiger partial charge is 0.223 e. The number of rotatable bonds is 3. The van der Waals surface area contributed by atoms with Gasteiger partial charge in [0.15, 0.2) is 5.82 Å². The maximum atomic E-state index is 12.6. The van der Waals surface area contributed by atoms with Gasteiger partial charge < -0.3 is 10.2 Å². The number of hydrogen-bond acceptors (Lipinski definition) is 6. The van der Waals surface area contributed by atoms with E-state index in [9.17, 15) is 4.39 Å². The van der Waals surface area contributed by atoms with Crippen LogP contribution in [0.1, 0.15) is 0 Å². The zero-order valence-electron chi connectivity index (χ0n) is 9.49. The molecule has 0 aliphatic carbocycles. The van der Waals surface area contributed by atoms with E-state index in [1.54, 1.807) is 18.6 Å². The van der Waals surface area contributed by atoms with Crippen LogP contribution in [0.5, 0.6) is 0 Å². The van der Waals surface area contributed by atoms with E-state index in [0.717, 1.165) is 31.3 Å². The maximum Gasteiger partial charge on any atom is 0.223 e. The van der Waals surface area contributed by atoms with Crippen molar-refractivity contribution in [1.82, 2.24) is 19.9 Å². The minimum absolute atomic E-state index is 0.248. The monoisotopic (exact) mass is 246 g/mol. The molecule has 3 heterocycles. The molecule has 7 heteroatoms. The Morgan fingerprint density at radius 1 is 1.11 bits per heavy atom. The van der Waals surface area contributed by atoms with E-state index < -0.39 is 5.82 Å². The third-order valence-corrected chi connectivity index (χ3v) is 2.71. The number of anilines is 2. The summed E-state index contributed by atoms with van der Waals surface area (Å²) in [6.45, 7) is 1.61. The number of halogens is 1. The first-order chi connectivity index (χ1) is 8.81. The Kier molecular flexibility index (Phi) is 2.71. The van der Waals surface area contributed by atoms with E-state index in [1.165, 1.54) is 0 Å². The lowest BCUT2D eigenvalue weighted by Gasteiger charge is -2.40. The van der Waals surface area contributed by atoms with E-state index in [0.29, 0.717) is 5.95 Å². The fourth-order valence-corrected chi connectivity index (χ4v) is 1.78. The van der Waals surface area contributed by atoms with Crippen LogP contribution in [0.2, 0.25) is 0 Å². The fourth-order valence-electron chi connectivity index (χ4n) is 1.78. The first-order valence-electron chi connectivity index (χ1n) is 5.56. The van der Waals surface area contributed by atoms with Crippen molar-refractivity contribution in [3.63, 3.8) is 0 Å². The molecular weight excluding hydrogens is 235 g/mol. The van der Waals surface area contributed by atoms with Gasteiger partial charge in [0.25, 0.3) is 0 Å². The highest BCUT2D eigenvalue weighted by molar-refractivity contribution is 5.43. The number of nitrogens with zero attached hydrogens (tertiary/aromatic N) is 5. The molecule has 92 valence electrons. The maximum absolute atomic E-state index is 12.6. The summed E-state index contributed by atoms with van der Waals surface area (Å²) in [7, 11) is 0. The molecule has 1 aliphatic rings. The first-order valence-corrected chi connectivity index (χ1v) is 5.56. The summed E-state index contributed by atoms with van der Waals surface area (Å²) < 4.78 is 12.6. The van der Waals surface area contributed by atoms with Crippen LogP contribution in [-0.4, -0.2) is 39.1 Å². The predicted molar refractivity (Wildman–Crippen MR) is 63.6 cm³/mol. The van der Waals surface area contributed by atoms with Gasteiger partial charge in [0.1, 0.15) is 5.82 Å². The molecule has 0 saturated carbocycles. The van der Waals surface area contributed by atoms with Crippen molar-refractivity contribution in [2.75, 3.05) is 23.3 Å².